The molecule has 0 aromatic heterocycles. The maximum absolute atomic E-state index is 5.95. The van der Waals surface area contributed by atoms with E-state index in [0.29, 0.717) is 11.8 Å². The normalized spacial score (nSPS) is 13.2. The van der Waals surface area contributed by atoms with Gasteiger partial charge in [-0.15, -0.1) is 11.6 Å². The van der Waals surface area contributed by atoms with E-state index in [1.165, 1.54) is 12.0 Å². The minimum Gasteiger partial charge on any atom is -0.126 e. The summed E-state index contributed by atoms with van der Waals surface area (Å²) in [6.07, 6.45) is 1.17. The van der Waals surface area contributed by atoms with Gasteiger partial charge in [0, 0.05) is 5.88 Å². The molecule has 72 valence electrons. The Morgan fingerprint density at radius 2 is 1.77 bits per heavy atom. The molecule has 0 N–H and O–H groups in total. The lowest BCUT2D eigenvalue weighted by Gasteiger charge is -2.16. The molecule has 0 fully saturated rings. The van der Waals surface area contributed by atoms with Gasteiger partial charge in [0.2, 0.25) is 0 Å². The number of hydrogen-bond donors (Lipinski definition) is 0. The van der Waals surface area contributed by atoms with E-state index in [2.05, 4.69) is 38.1 Å². The Bertz CT molecular complexity index is 228. The van der Waals surface area contributed by atoms with E-state index in [-0.39, 0.29) is 0 Å². The molecule has 0 spiro atoms. The third-order valence-corrected chi connectivity index (χ3v) is 2.59. The van der Waals surface area contributed by atoms with Gasteiger partial charge in [0.1, 0.15) is 0 Å². The van der Waals surface area contributed by atoms with E-state index in [1.54, 1.807) is 0 Å². The van der Waals surface area contributed by atoms with Crippen molar-refractivity contribution in [2.75, 3.05) is 5.88 Å². The van der Waals surface area contributed by atoms with Gasteiger partial charge in [0.25, 0.3) is 0 Å². The minimum atomic E-state index is 0.517. The first-order valence-electron chi connectivity index (χ1n) is 4.85. The van der Waals surface area contributed by atoms with Crippen LogP contribution < -0.4 is 0 Å². The Labute approximate surface area is 85.9 Å². The van der Waals surface area contributed by atoms with Crippen LogP contribution in [0.25, 0.3) is 0 Å². The lowest BCUT2D eigenvalue weighted by Crippen LogP contribution is -2.04. The SMILES string of the molecule is CC(C)CC(CCl)c1ccccc1. The van der Waals surface area contributed by atoms with Gasteiger partial charge < -0.3 is 0 Å². The zero-order valence-corrected chi connectivity index (χ0v) is 9.09. The highest BCUT2D eigenvalue weighted by atomic mass is 35.5. The van der Waals surface area contributed by atoms with Gasteiger partial charge >= 0.3 is 0 Å². The number of rotatable bonds is 4. The van der Waals surface area contributed by atoms with Crippen molar-refractivity contribution in [3.8, 4) is 0 Å². The smallest absolute Gasteiger partial charge is 0.0292 e. The summed E-state index contributed by atoms with van der Waals surface area (Å²) >= 11 is 5.95. The van der Waals surface area contributed by atoms with Crippen molar-refractivity contribution >= 4 is 11.6 Å². The van der Waals surface area contributed by atoms with Gasteiger partial charge in [-0.05, 0) is 23.8 Å². The second kappa shape index (κ2) is 5.29. The van der Waals surface area contributed by atoms with Gasteiger partial charge in [0.15, 0.2) is 0 Å². The molecular formula is C12H17Cl. The van der Waals surface area contributed by atoms with Crippen LogP contribution in [-0.4, -0.2) is 5.88 Å². The monoisotopic (exact) mass is 196 g/mol. The maximum Gasteiger partial charge on any atom is 0.0292 e. The summed E-state index contributed by atoms with van der Waals surface area (Å²) in [5.74, 6) is 1.95. The Balaban J connectivity index is 2.67. The maximum atomic E-state index is 5.95. The summed E-state index contributed by atoms with van der Waals surface area (Å²) in [7, 11) is 0. The molecule has 1 unspecified atom stereocenters. The van der Waals surface area contributed by atoms with Crippen molar-refractivity contribution in [1.29, 1.82) is 0 Å². The van der Waals surface area contributed by atoms with Crippen LogP contribution >= 0.6 is 11.6 Å². The van der Waals surface area contributed by atoms with Gasteiger partial charge in [0.05, 0.1) is 0 Å². The van der Waals surface area contributed by atoms with E-state index < -0.39 is 0 Å². The standard InChI is InChI=1S/C12H17Cl/c1-10(2)8-12(9-13)11-6-4-3-5-7-11/h3-7,10,12H,8-9H2,1-2H3. The van der Waals surface area contributed by atoms with Crippen molar-refractivity contribution in [2.24, 2.45) is 5.92 Å². The molecule has 1 atom stereocenters. The van der Waals surface area contributed by atoms with E-state index >= 15 is 0 Å². The molecule has 0 aliphatic rings. The second-order valence-corrected chi connectivity index (χ2v) is 4.20. The van der Waals surface area contributed by atoms with Crippen LogP contribution in [-0.2, 0) is 0 Å². The van der Waals surface area contributed by atoms with Crippen molar-refractivity contribution in [3.63, 3.8) is 0 Å². The first-order chi connectivity index (χ1) is 6.24. The summed E-state index contributed by atoms with van der Waals surface area (Å²) in [4.78, 5) is 0. The fraction of sp³-hybridized carbons (Fsp3) is 0.500. The van der Waals surface area contributed by atoms with Crippen LogP contribution in [0, 0.1) is 5.92 Å². The summed E-state index contributed by atoms with van der Waals surface area (Å²) in [6.45, 7) is 4.48. The summed E-state index contributed by atoms with van der Waals surface area (Å²) in [6, 6.07) is 10.5. The van der Waals surface area contributed by atoms with Crippen molar-refractivity contribution in [2.45, 2.75) is 26.2 Å². The molecule has 1 aromatic rings. The quantitative estimate of drug-likeness (QED) is 0.638. The van der Waals surface area contributed by atoms with Crippen molar-refractivity contribution < 1.29 is 0 Å². The summed E-state index contributed by atoms with van der Waals surface area (Å²) in [5, 5.41) is 0. The highest BCUT2D eigenvalue weighted by Crippen LogP contribution is 2.24. The molecular weight excluding hydrogens is 180 g/mol. The van der Waals surface area contributed by atoms with Gasteiger partial charge in [-0.2, -0.15) is 0 Å². The molecule has 0 bridgehead atoms. The van der Waals surface area contributed by atoms with E-state index in [9.17, 15) is 0 Å². The lowest BCUT2D eigenvalue weighted by atomic mass is 9.92. The fourth-order valence-electron chi connectivity index (χ4n) is 1.58. The third kappa shape index (κ3) is 3.40. The molecule has 0 aliphatic heterocycles. The average molecular weight is 197 g/mol. The molecule has 1 rings (SSSR count). The predicted molar refractivity (Wildman–Crippen MR) is 59.4 cm³/mol. The number of alkyl halides is 1. The lowest BCUT2D eigenvalue weighted by molar-refractivity contribution is 0.526. The molecule has 0 saturated heterocycles. The topological polar surface area (TPSA) is 0 Å². The van der Waals surface area contributed by atoms with Gasteiger partial charge in [-0.1, -0.05) is 44.2 Å². The molecule has 13 heavy (non-hydrogen) atoms. The Morgan fingerprint density at radius 1 is 1.15 bits per heavy atom. The van der Waals surface area contributed by atoms with Crippen molar-refractivity contribution in [3.05, 3.63) is 35.9 Å². The molecule has 1 heteroatoms. The van der Waals surface area contributed by atoms with E-state index in [4.69, 9.17) is 11.6 Å². The molecule has 0 radical (unpaired) electrons. The second-order valence-electron chi connectivity index (χ2n) is 3.89. The third-order valence-electron chi connectivity index (χ3n) is 2.21. The first kappa shape index (κ1) is 10.6. The van der Waals surface area contributed by atoms with Gasteiger partial charge in [-0.3, -0.25) is 0 Å². The molecule has 0 saturated carbocycles. The average Bonchev–Trinajstić information content (AvgIpc) is 2.15. The molecule has 0 amide bonds. The molecule has 0 heterocycles. The Hall–Kier alpha value is -0.490. The highest BCUT2D eigenvalue weighted by molar-refractivity contribution is 6.18. The van der Waals surface area contributed by atoms with Crippen LogP contribution in [0.1, 0.15) is 31.7 Å². The van der Waals surface area contributed by atoms with E-state index in [0.717, 1.165) is 5.88 Å². The zero-order chi connectivity index (χ0) is 9.68. The largest absolute Gasteiger partial charge is 0.126 e. The summed E-state index contributed by atoms with van der Waals surface area (Å²) < 4.78 is 0. The number of benzene rings is 1. The van der Waals surface area contributed by atoms with Crippen LogP contribution in [0.15, 0.2) is 30.3 Å². The number of halogens is 1. The van der Waals surface area contributed by atoms with Crippen molar-refractivity contribution in [1.82, 2.24) is 0 Å². The molecule has 0 aliphatic carbocycles. The van der Waals surface area contributed by atoms with Crippen LogP contribution in [0.2, 0.25) is 0 Å². The highest BCUT2D eigenvalue weighted by Gasteiger charge is 2.11. The van der Waals surface area contributed by atoms with Crippen LogP contribution in [0.4, 0.5) is 0 Å². The van der Waals surface area contributed by atoms with E-state index in [1.807, 2.05) is 6.07 Å². The Morgan fingerprint density at radius 3 is 2.23 bits per heavy atom. The zero-order valence-electron chi connectivity index (χ0n) is 8.33. The molecule has 1 aromatic carbocycles. The Kier molecular flexibility index (Phi) is 4.31. The van der Waals surface area contributed by atoms with Gasteiger partial charge in [-0.25, -0.2) is 0 Å². The number of hydrogen-bond acceptors (Lipinski definition) is 0. The van der Waals surface area contributed by atoms with Crippen LogP contribution in [0.5, 0.6) is 0 Å². The summed E-state index contributed by atoms with van der Waals surface area (Å²) in [5.41, 5.74) is 1.37. The fourth-order valence-corrected chi connectivity index (χ4v) is 1.89. The first-order valence-corrected chi connectivity index (χ1v) is 5.38. The minimum absolute atomic E-state index is 0.517. The van der Waals surface area contributed by atoms with Crippen LogP contribution in [0.3, 0.4) is 0 Å². The predicted octanol–water partition coefficient (Wildman–Crippen LogP) is 4.06. The molecule has 0 nitrogen and oxygen atoms in total.